The summed E-state index contributed by atoms with van der Waals surface area (Å²) in [5.41, 5.74) is -1.15. The molecule has 3 rings (SSSR count). The summed E-state index contributed by atoms with van der Waals surface area (Å²) in [6.45, 7) is 2.03. The van der Waals surface area contributed by atoms with Crippen LogP contribution in [0.2, 0.25) is 4.34 Å². The largest absolute Gasteiger partial charge is 0.328 e. The Balaban J connectivity index is 1.65. The highest BCUT2D eigenvalue weighted by Gasteiger charge is 2.50. The van der Waals surface area contributed by atoms with Crippen molar-refractivity contribution in [2.75, 3.05) is 6.54 Å². The number of amides is 2. The third-order valence-electron chi connectivity index (χ3n) is 4.41. The molecule has 26 heavy (non-hydrogen) atoms. The van der Waals surface area contributed by atoms with Gasteiger partial charge in [-0.05, 0) is 43.3 Å². The van der Waals surface area contributed by atoms with E-state index >= 15 is 0 Å². The molecule has 0 saturated carbocycles. The lowest BCUT2D eigenvalue weighted by molar-refractivity contribution is -0.156. The Kier molecular flexibility index (Phi) is 5.43. The van der Waals surface area contributed by atoms with Crippen LogP contribution in [0.15, 0.2) is 33.9 Å². The SMILES string of the molecule is CC1(C(=O)NS(=O)(=O)c2ccc(Cl)s2)CCN1C(=O)CCc1cccs1. The van der Waals surface area contributed by atoms with Gasteiger partial charge in [0.15, 0.2) is 0 Å². The zero-order valence-electron chi connectivity index (χ0n) is 13.9. The van der Waals surface area contributed by atoms with Crippen LogP contribution in [0.1, 0.15) is 24.6 Å². The van der Waals surface area contributed by atoms with Gasteiger partial charge in [0.2, 0.25) is 5.91 Å². The number of sulfonamides is 1. The summed E-state index contributed by atoms with van der Waals surface area (Å²) in [6, 6.07) is 6.68. The van der Waals surface area contributed by atoms with Gasteiger partial charge in [0.05, 0.1) is 4.34 Å². The smallest absolute Gasteiger partial charge is 0.273 e. The van der Waals surface area contributed by atoms with Gasteiger partial charge in [0.1, 0.15) is 9.75 Å². The van der Waals surface area contributed by atoms with Gasteiger partial charge in [-0.25, -0.2) is 13.1 Å². The first-order valence-electron chi connectivity index (χ1n) is 7.88. The average molecular weight is 433 g/mol. The quantitative estimate of drug-likeness (QED) is 0.760. The molecule has 2 amide bonds. The van der Waals surface area contributed by atoms with Gasteiger partial charge in [0, 0.05) is 17.8 Å². The van der Waals surface area contributed by atoms with Crippen LogP contribution in [-0.4, -0.2) is 37.2 Å². The molecule has 1 N–H and O–H groups in total. The highest BCUT2D eigenvalue weighted by molar-refractivity contribution is 7.92. The van der Waals surface area contributed by atoms with E-state index in [0.29, 0.717) is 23.7 Å². The van der Waals surface area contributed by atoms with Crippen molar-refractivity contribution in [3.63, 3.8) is 0 Å². The van der Waals surface area contributed by atoms with Gasteiger partial charge in [-0.15, -0.1) is 22.7 Å². The van der Waals surface area contributed by atoms with E-state index in [1.807, 2.05) is 17.5 Å². The number of hydrogen-bond donors (Lipinski definition) is 1. The molecule has 0 bridgehead atoms. The van der Waals surface area contributed by atoms with Gasteiger partial charge in [0.25, 0.3) is 15.9 Å². The Bertz CT molecular complexity index is 923. The minimum atomic E-state index is -4.00. The standard InChI is InChI=1S/C16H17ClN2O4S3/c1-16(15(21)18-26(22,23)14-7-5-12(17)25-14)8-9-19(16)13(20)6-4-11-3-2-10-24-11/h2-3,5,7,10H,4,6,8-9H2,1H3,(H,18,21). The van der Waals surface area contributed by atoms with E-state index in [2.05, 4.69) is 4.72 Å². The van der Waals surface area contributed by atoms with Crippen molar-refractivity contribution in [3.8, 4) is 0 Å². The molecule has 0 radical (unpaired) electrons. The minimum Gasteiger partial charge on any atom is -0.328 e. The monoisotopic (exact) mass is 432 g/mol. The highest BCUT2D eigenvalue weighted by atomic mass is 35.5. The molecule has 1 atom stereocenters. The van der Waals surface area contributed by atoms with Gasteiger partial charge < -0.3 is 4.90 Å². The lowest BCUT2D eigenvalue weighted by Gasteiger charge is -2.48. The molecule has 0 spiro atoms. The molecule has 140 valence electrons. The summed E-state index contributed by atoms with van der Waals surface area (Å²) in [7, 11) is -4.00. The molecular formula is C16H17ClN2O4S3. The summed E-state index contributed by atoms with van der Waals surface area (Å²) < 4.78 is 27.0. The maximum atomic E-state index is 12.6. The zero-order chi connectivity index (χ0) is 18.9. The fourth-order valence-corrected chi connectivity index (χ4v) is 6.01. The molecule has 0 aliphatic carbocycles. The lowest BCUT2D eigenvalue weighted by atomic mass is 9.85. The highest BCUT2D eigenvalue weighted by Crippen LogP contribution is 2.33. The normalized spacial score (nSPS) is 19.8. The molecule has 3 heterocycles. The summed E-state index contributed by atoms with van der Waals surface area (Å²) >= 11 is 8.21. The van der Waals surface area contributed by atoms with Gasteiger partial charge in [-0.3, -0.25) is 9.59 Å². The van der Waals surface area contributed by atoms with Crippen LogP contribution in [0.25, 0.3) is 0 Å². The molecule has 10 heteroatoms. The number of halogens is 1. The molecule has 2 aromatic heterocycles. The molecule has 1 fully saturated rings. The first kappa shape index (κ1) is 19.3. The number of hydrogen-bond acceptors (Lipinski definition) is 6. The van der Waals surface area contributed by atoms with E-state index in [1.54, 1.807) is 18.3 Å². The molecule has 1 saturated heterocycles. The average Bonchev–Trinajstić information content (AvgIpc) is 3.22. The molecule has 1 aliphatic rings. The fraction of sp³-hybridized carbons (Fsp3) is 0.375. The second kappa shape index (κ2) is 7.30. The first-order chi connectivity index (χ1) is 12.2. The summed E-state index contributed by atoms with van der Waals surface area (Å²) in [6.07, 6.45) is 1.32. The summed E-state index contributed by atoms with van der Waals surface area (Å²) in [5.74, 6) is -0.850. The van der Waals surface area contributed by atoms with Crippen molar-refractivity contribution >= 4 is 56.1 Å². The molecule has 1 aliphatic heterocycles. The van der Waals surface area contributed by atoms with Gasteiger partial charge >= 0.3 is 0 Å². The van der Waals surface area contributed by atoms with Crippen LogP contribution in [0, 0.1) is 0 Å². The number of likely N-dealkylation sites (tertiary alicyclic amines) is 1. The second-order valence-corrected chi connectivity index (χ2v) is 10.8. The number of carbonyl (C=O) groups is 2. The number of aryl methyl sites for hydroxylation is 1. The number of rotatable bonds is 6. The Labute approximate surface area is 164 Å². The predicted molar refractivity (Wildman–Crippen MR) is 102 cm³/mol. The third kappa shape index (κ3) is 3.80. The van der Waals surface area contributed by atoms with Crippen LogP contribution in [0.3, 0.4) is 0 Å². The fourth-order valence-electron chi connectivity index (χ4n) is 2.74. The van der Waals surface area contributed by atoms with Crippen LogP contribution in [-0.2, 0) is 26.0 Å². The van der Waals surface area contributed by atoms with E-state index < -0.39 is 21.5 Å². The lowest BCUT2D eigenvalue weighted by Crippen LogP contribution is -2.67. The third-order valence-corrected chi connectivity index (χ3v) is 8.40. The number of carbonyl (C=O) groups excluding carboxylic acids is 2. The van der Waals surface area contributed by atoms with Crippen molar-refractivity contribution in [3.05, 3.63) is 38.9 Å². The van der Waals surface area contributed by atoms with E-state index in [4.69, 9.17) is 11.6 Å². The van der Waals surface area contributed by atoms with Crippen LogP contribution < -0.4 is 4.72 Å². The Morgan fingerprint density at radius 2 is 2.12 bits per heavy atom. The zero-order valence-corrected chi connectivity index (χ0v) is 17.1. The summed E-state index contributed by atoms with van der Waals surface area (Å²) in [4.78, 5) is 27.6. The van der Waals surface area contributed by atoms with E-state index in [-0.39, 0.29) is 16.5 Å². The number of nitrogens with one attached hydrogen (secondary N) is 1. The maximum Gasteiger partial charge on any atom is 0.273 e. The molecule has 1 unspecified atom stereocenters. The van der Waals surface area contributed by atoms with Gasteiger partial charge in [-0.1, -0.05) is 17.7 Å². The van der Waals surface area contributed by atoms with Crippen molar-refractivity contribution in [2.24, 2.45) is 0 Å². The van der Waals surface area contributed by atoms with Crippen molar-refractivity contribution in [1.29, 1.82) is 0 Å². The summed E-state index contributed by atoms with van der Waals surface area (Å²) in [5, 5.41) is 1.95. The van der Waals surface area contributed by atoms with Crippen LogP contribution in [0.4, 0.5) is 0 Å². The van der Waals surface area contributed by atoms with Crippen molar-refractivity contribution < 1.29 is 18.0 Å². The van der Waals surface area contributed by atoms with E-state index in [0.717, 1.165) is 16.2 Å². The van der Waals surface area contributed by atoms with Gasteiger partial charge in [-0.2, -0.15) is 0 Å². The minimum absolute atomic E-state index is 0.0330. The molecule has 0 aromatic carbocycles. The molecule has 2 aromatic rings. The first-order valence-corrected chi connectivity index (χ1v) is 11.4. The van der Waals surface area contributed by atoms with E-state index in [9.17, 15) is 18.0 Å². The number of nitrogens with zero attached hydrogens (tertiary/aromatic N) is 1. The maximum absolute atomic E-state index is 12.6. The Morgan fingerprint density at radius 1 is 1.35 bits per heavy atom. The number of thiophene rings is 2. The molecule has 6 nitrogen and oxygen atoms in total. The topological polar surface area (TPSA) is 83.6 Å². The van der Waals surface area contributed by atoms with Crippen molar-refractivity contribution in [2.45, 2.75) is 35.9 Å². The predicted octanol–water partition coefficient (Wildman–Crippen LogP) is 2.89. The van der Waals surface area contributed by atoms with Crippen molar-refractivity contribution in [1.82, 2.24) is 9.62 Å². The van der Waals surface area contributed by atoms with Crippen LogP contribution in [0.5, 0.6) is 0 Å². The van der Waals surface area contributed by atoms with Crippen LogP contribution >= 0.6 is 34.3 Å². The Hall–Kier alpha value is -1.42. The molecular weight excluding hydrogens is 416 g/mol. The Morgan fingerprint density at radius 3 is 2.65 bits per heavy atom. The van der Waals surface area contributed by atoms with E-state index in [1.165, 1.54) is 17.0 Å². The second-order valence-electron chi connectivity index (χ2n) is 6.14.